The number of nitrogens with one attached hydrogen (secondary N) is 1. The predicted octanol–water partition coefficient (Wildman–Crippen LogP) is 4.76. The monoisotopic (exact) mass is 403 g/mol. The van der Waals surface area contributed by atoms with Gasteiger partial charge >= 0.3 is 0 Å². The van der Waals surface area contributed by atoms with Gasteiger partial charge in [0.05, 0.1) is 5.56 Å². The van der Waals surface area contributed by atoms with Crippen molar-refractivity contribution in [3.63, 3.8) is 0 Å². The maximum atomic E-state index is 12.8. The molecule has 29 heavy (non-hydrogen) atoms. The summed E-state index contributed by atoms with van der Waals surface area (Å²) >= 11 is 1.50. The molecule has 0 aliphatic carbocycles. The lowest BCUT2D eigenvalue weighted by atomic mass is 10.1. The quantitative estimate of drug-likeness (QED) is 0.618. The summed E-state index contributed by atoms with van der Waals surface area (Å²) in [7, 11) is 0. The van der Waals surface area contributed by atoms with Crippen LogP contribution in [0.4, 0.5) is 0 Å². The lowest BCUT2D eigenvalue weighted by Gasteiger charge is -2.15. The highest BCUT2D eigenvalue weighted by Gasteiger charge is 2.14. The van der Waals surface area contributed by atoms with Crippen LogP contribution in [-0.4, -0.2) is 28.9 Å². The summed E-state index contributed by atoms with van der Waals surface area (Å²) < 4.78 is 0. The smallest absolute Gasteiger partial charge is 0.254 e. The van der Waals surface area contributed by atoms with Crippen molar-refractivity contribution in [2.24, 2.45) is 0 Å². The molecule has 1 N–H and O–H groups in total. The Morgan fingerprint density at radius 3 is 2.41 bits per heavy atom. The number of likely N-dealkylation sites (tertiary alicyclic amines) is 1. The zero-order valence-corrected chi connectivity index (χ0v) is 17.2. The van der Waals surface area contributed by atoms with Crippen molar-refractivity contribution in [3.8, 4) is 0 Å². The standard InChI is InChI=1S/C24H25N3OS/c28-23(22-9-6-14-25-24(22)29-21-7-2-1-3-8-21)26-17-19-10-12-20(13-11-19)18-27-15-4-5-16-27/h1-3,6-14H,4-5,15-18H2,(H,26,28). The molecule has 1 aromatic heterocycles. The Balaban J connectivity index is 1.36. The molecule has 5 heteroatoms. The van der Waals surface area contributed by atoms with Gasteiger partial charge in [0, 0.05) is 24.2 Å². The van der Waals surface area contributed by atoms with Crippen LogP contribution in [0.25, 0.3) is 0 Å². The number of hydrogen-bond acceptors (Lipinski definition) is 4. The Morgan fingerprint density at radius 1 is 0.931 bits per heavy atom. The minimum atomic E-state index is -0.0994. The molecular formula is C24H25N3OS. The Kier molecular flexibility index (Phi) is 6.60. The Morgan fingerprint density at radius 2 is 1.66 bits per heavy atom. The van der Waals surface area contributed by atoms with Crippen LogP contribution in [0, 0.1) is 0 Å². The van der Waals surface area contributed by atoms with Gasteiger partial charge in [0.15, 0.2) is 0 Å². The fraction of sp³-hybridized carbons (Fsp3) is 0.250. The van der Waals surface area contributed by atoms with Gasteiger partial charge in [-0.2, -0.15) is 0 Å². The molecule has 0 bridgehead atoms. The predicted molar refractivity (Wildman–Crippen MR) is 117 cm³/mol. The summed E-state index contributed by atoms with van der Waals surface area (Å²) in [6.45, 7) is 3.92. The lowest BCUT2D eigenvalue weighted by molar-refractivity contribution is 0.0947. The topological polar surface area (TPSA) is 45.2 Å². The molecule has 0 radical (unpaired) electrons. The van der Waals surface area contributed by atoms with Gasteiger partial charge in [0.25, 0.3) is 5.91 Å². The van der Waals surface area contributed by atoms with E-state index in [0.717, 1.165) is 22.0 Å². The fourth-order valence-electron chi connectivity index (χ4n) is 3.48. The van der Waals surface area contributed by atoms with Crippen LogP contribution < -0.4 is 5.32 Å². The lowest BCUT2D eigenvalue weighted by Crippen LogP contribution is -2.23. The molecule has 0 unspecified atom stereocenters. The molecule has 0 spiro atoms. The summed E-state index contributed by atoms with van der Waals surface area (Å²) in [4.78, 5) is 20.7. The number of carbonyl (C=O) groups is 1. The van der Waals surface area contributed by atoms with E-state index < -0.39 is 0 Å². The van der Waals surface area contributed by atoms with Crippen LogP contribution in [-0.2, 0) is 13.1 Å². The van der Waals surface area contributed by atoms with Crippen molar-refractivity contribution in [3.05, 3.63) is 89.6 Å². The third kappa shape index (κ3) is 5.46. The molecule has 0 atom stereocenters. The summed E-state index contributed by atoms with van der Waals surface area (Å²) in [5.41, 5.74) is 3.03. The number of aromatic nitrogens is 1. The molecule has 2 aromatic carbocycles. The van der Waals surface area contributed by atoms with Crippen LogP contribution in [0.15, 0.2) is 82.8 Å². The van der Waals surface area contributed by atoms with Crippen molar-refractivity contribution in [1.82, 2.24) is 15.2 Å². The van der Waals surface area contributed by atoms with Crippen LogP contribution in [0.1, 0.15) is 34.3 Å². The Bertz CT molecular complexity index is 938. The third-order valence-electron chi connectivity index (χ3n) is 5.05. The summed E-state index contributed by atoms with van der Waals surface area (Å²) in [5.74, 6) is -0.0994. The molecule has 148 valence electrons. The average Bonchev–Trinajstić information content (AvgIpc) is 3.27. The number of nitrogens with zero attached hydrogens (tertiary/aromatic N) is 2. The van der Waals surface area contributed by atoms with Crippen LogP contribution in [0.3, 0.4) is 0 Å². The molecule has 1 aliphatic rings. The minimum Gasteiger partial charge on any atom is -0.348 e. The highest BCUT2D eigenvalue weighted by Crippen LogP contribution is 2.28. The molecule has 3 aromatic rings. The summed E-state index contributed by atoms with van der Waals surface area (Å²) in [5, 5.41) is 3.75. The molecule has 0 saturated carbocycles. The number of amides is 1. The molecule has 4 nitrogen and oxygen atoms in total. The molecule has 1 amide bonds. The second-order valence-electron chi connectivity index (χ2n) is 7.25. The van der Waals surface area contributed by atoms with Gasteiger partial charge in [-0.15, -0.1) is 0 Å². The van der Waals surface area contributed by atoms with E-state index in [0.29, 0.717) is 12.1 Å². The number of carbonyl (C=O) groups excluding carboxylic acids is 1. The summed E-state index contributed by atoms with van der Waals surface area (Å²) in [6.07, 6.45) is 4.34. The van der Waals surface area contributed by atoms with E-state index in [1.807, 2.05) is 36.4 Å². The highest BCUT2D eigenvalue weighted by atomic mass is 32.2. The first-order valence-electron chi connectivity index (χ1n) is 10.0. The van der Waals surface area contributed by atoms with Gasteiger partial charge < -0.3 is 5.32 Å². The van der Waals surface area contributed by atoms with Gasteiger partial charge in [-0.05, 0) is 61.3 Å². The summed E-state index contributed by atoms with van der Waals surface area (Å²) in [6, 6.07) is 22.2. The number of pyridine rings is 1. The van der Waals surface area contributed by atoms with E-state index in [4.69, 9.17) is 0 Å². The third-order valence-corrected chi connectivity index (χ3v) is 6.08. The normalized spacial score (nSPS) is 14.1. The van der Waals surface area contributed by atoms with E-state index >= 15 is 0 Å². The molecule has 4 rings (SSSR count). The van der Waals surface area contributed by atoms with E-state index in [1.165, 1.54) is 43.3 Å². The van der Waals surface area contributed by atoms with E-state index in [-0.39, 0.29) is 5.91 Å². The van der Waals surface area contributed by atoms with Crippen molar-refractivity contribution >= 4 is 17.7 Å². The molecular weight excluding hydrogens is 378 g/mol. The number of benzene rings is 2. The van der Waals surface area contributed by atoms with Gasteiger partial charge in [0.1, 0.15) is 5.03 Å². The van der Waals surface area contributed by atoms with Gasteiger partial charge in [-0.3, -0.25) is 9.69 Å². The van der Waals surface area contributed by atoms with Gasteiger partial charge in [0.2, 0.25) is 0 Å². The van der Waals surface area contributed by atoms with Gasteiger partial charge in [-0.1, -0.05) is 54.2 Å². The molecule has 2 heterocycles. The SMILES string of the molecule is O=C(NCc1ccc(CN2CCCC2)cc1)c1cccnc1Sc1ccccc1. The van der Waals surface area contributed by atoms with E-state index in [2.05, 4.69) is 39.5 Å². The number of rotatable bonds is 7. The molecule has 1 fully saturated rings. The second-order valence-corrected chi connectivity index (χ2v) is 8.32. The average molecular weight is 404 g/mol. The zero-order valence-electron chi connectivity index (χ0n) is 16.4. The van der Waals surface area contributed by atoms with Crippen molar-refractivity contribution in [2.45, 2.75) is 35.9 Å². The minimum absolute atomic E-state index is 0.0994. The van der Waals surface area contributed by atoms with Crippen LogP contribution in [0.2, 0.25) is 0 Å². The van der Waals surface area contributed by atoms with Crippen LogP contribution >= 0.6 is 11.8 Å². The van der Waals surface area contributed by atoms with Crippen molar-refractivity contribution < 1.29 is 4.79 Å². The Hall–Kier alpha value is -2.63. The van der Waals surface area contributed by atoms with E-state index in [9.17, 15) is 4.79 Å². The van der Waals surface area contributed by atoms with Crippen molar-refractivity contribution in [1.29, 1.82) is 0 Å². The maximum absolute atomic E-state index is 12.8. The largest absolute Gasteiger partial charge is 0.348 e. The molecule has 1 saturated heterocycles. The van der Waals surface area contributed by atoms with E-state index in [1.54, 1.807) is 12.3 Å². The zero-order chi connectivity index (χ0) is 19.9. The Labute approximate surface area is 176 Å². The first-order chi connectivity index (χ1) is 14.3. The number of hydrogen-bond donors (Lipinski definition) is 1. The maximum Gasteiger partial charge on any atom is 0.254 e. The molecule has 1 aliphatic heterocycles. The van der Waals surface area contributed by atoms with Gasteiger partial charge in [-0.25, -0.2) is 4.98 Å². The van der Waals surface area contributed by atoms with Crippen LogP contribution in [0.5, 0.6) is 0 Å². The fourth-order valence-corrected chi connectivity index (χ4v) is 4.38. The second kappa shape index (κ2) is 9.72. The first kappa shape index (κ1) is 19.7. The first-order valence-corrected chi connectivity index (χ1v) is 10.9. The highest BCUT2D eigenvalue weighted by molar-refractivity contribution is 7.99. The van der Waals surface area contributed by atoms with Crippen molar-refractivity contribution in [2.75, 3.05) is 13.1 Å².